The zero-order valence-corrected chi connectivity index (χ0v) is 15.6. The van der Waals surface area contributed by atoms with Gasteiger partial charge in [-0.25, -0.2) is 0 Å². The second kappa shape index (κ2) is 5.58. The second-order valence-corrected chi connectivity index (χ2v) is 9.59. The van der Waals surface area contributed by atoms with Crippen molar-refractivity contribution in [2.45, 2.75) is 77.4 Å². The van der Waals surface area contributed by atoms with Gasteiger partial charge in [0.15, 0.2) is 5.79 Å². The van der Waals surface area contributed by atoms with Gasteiger partial charge in [-0.2, -0.15) is 0 Å². The minimum atomic E-state index is -0.178. The van der Waals surface area contributed by atoms with Gasteiger partial charge in [0.05, 0.1) is 13.2 Å². The Hall–Kier alpha value is -0.340. The molecule has 0 aromatic heterocycles. The summed E-state index contributed by atoms with van der Waals surface area (Å²) in [6.45, 7) is 6.50. The molecule has 1 heterocycles. The Balaban J connectivity index is 1.36. The fraction of sp³-hybridized carbons (Fsp3) is 0.909. The van der Waals surface area contributed by atoms with Crippen molar-refractivity contribution < 1.29 is 9.47 Å². The average molecular weight is 331 g/mol. The lowest BCUT2D eigenvalue weighted by Crippen LogP contribution is -2.50. The lowest BCUT2D eigenvalue weighted by Gasteiger charge is -2.56. The molecule has 0 unspecified atom stereocenters. The fourth-order valence-electron chi connectivity index (χ4n) is 7.91. The van der Waals surface area contributed by atoms with Crippen LogP contribution >= 0.6 is 0 Å². The second-order valence-electron chi connectivity index (χ2n) is 9.59. The molecule has 1 spiro atoms. The van der Waals surface area contributed by atoms with Crippen LogP contribution in [0.5, 0.6) is 0 Å². The molecule has 1 aliphatic heterocycles. The molecular weight excluding hydrogens is 296 g/mol. The zero-order chi connectivity index (χ0) is 16.4. The van der Waals surface area contributed by atoms with Gasteiger partial charge < -0.3 is 9.47 Å². The van der Waals surface area contributed by atoms with Gasteiger partial charge in [-0.15, -0.1) is 0 Å². The van der Waals surface area contributed by atoms with Gasteiger partial charge in [-0.3, -0.25) is 0 Å². The first-order valence-electron chi connectivity index (χ1n) is 10.6. The van der Waals surface area contributed by atoms with Crippen molar-refractivity contribution in [2.75, 3.05) is 13.2 Å². The van der Waals surface area contributed by atoms with E-state index in [0.29, 0.717) is 5.41 Å². The number of rotatable bonds is 0. The van der Waals surface area contributed by atoms with E-state index in [0.717, 1.165) is 49.2 Å². The van der Waals surface area contributed by atoms with Crippen LogP contribution in [-0.2, 0) is 9.47 Å². The monoisotopic (exact) mass is 330 g/mol. The summed E-state index contributed by atoms with van der Waals surface area (Å²) in [5.41, 5.74) is 2.32. The minimum Gasteiger partial charge on any atom is -0.348 e. The summed E-state index contributed by atoms with van der Waals surface area (Å²) in [5.74, 6) is 4.62. The summed E-state index contributed by atoms with van der Waals surface area (Å²) in [5, 5.41) is 0. The third kappa shape index (κ3) is 2.14. The summed E-state index contributed by atoms with van der Waals surface area (Å²) in [6, 6.07) is 0. The van der Waals surface area contributed by atoms with E-state index in [4.69, 9.17) is 9.47 Å². The van der Waals surface area contributed by atoms with Crippen LogP contribution in [0.2, 0.25) is 0 Å². The van der Waals surface area contributed by atoms with Gasteiger partial charge in [0, 0.05) is 12.8 Å². The predicted octanol–water partition coefficient (Wildman–Crippen LogP) is 5.33. The third-order valence-electron chi connectivity index (χ3n) is 8.96. The van der Waals surface area contributed by atoms with E-state index in [1.807, 2.05) is 0 Å². The van der Waals surface area contributed by atoms with Crippen molar-refractivity contribution in [1.29, 1.82) is 0 Å². The van der Waals surface area contributed by atoms with E-state index in [1.54, 1.807) is 5.57 Å². The van der Waals surface area contributed by atoms with Gasteiger partial charge in [0.1, 0.15) is 0 Å². The minimum absolute atomic E-state index is 0.178. The van der Waals surface area contributed by atoms with Crippen molar-refractivity contribution >= 4 is 0 Å². The molecule has 4 saturated carbocycles. The van der Waals surface area contributed by atoms with Gasteiger partial charge in [-0.05, 0) is 86.9 Å². The van der Waals surface area contributed by atoms with Crippen molar-refractivity contribution in [1.82, 2.24) is 0 Å². The summed E-state index contributed by atoms with van der Waals surface area (Å²) < 4.78 is 12.1. The molecule has 0 aromatic carbocycles. The lowest BCUT2D eigenvalue weighted by atomic mass is 9.50. The van der Waals surface area contributed by atoms with E-state index in [2.05, 4.69) is 19.9 Å². The Morgan fingerprint density at radius 1 is 0.917 bits per heavy atom. The highest BCUT2D eigenvalue weighted by Crippen LogP contribution is 2.64. The Morgan fingerprint density at radius 2 is 1.71 bits per heavy atom. The van der Waals surface area contributed by atoms with Crippen molar-refractivity contribution in [3.8, 4) is 0 Å². The SMILES string of the molecule is C/C=C1/CC[C@H]2[C@@H]3CC[C@@H]4CC5(CC[C@@H]4[C@H]3CC[C@]12C)OCCO5. The summed E-state index contributed by atoms with van der Waals surface area (Å²) in [7, 11) is 0. The summed E-state index contributed by atoms with van der Waals surface area (Å²) in [6.07, 6.45) is 14.8. The largest absolute Gasteiger partial charge is 0.348 e. The highest BCUT2D eigenvalue weighted by atomic mass is 16.7. The first-order chi connectivity index (χ1) is 11.7. The van der Waals surface area contributed by atoms with Crippen LogP contribution in [0.15, 0.2) is 11.6 Å². The van der Waals surface area contributed by atoms with E-state index >= 15 is 0 Å². The number of fused-ring (bicyclic) bond motifs is 5. The maximum atomic E-state index is 6.05. The highest BCUT2D eigenvalue weighted by Gasteiger charge is 2.57. The molecule has 0 radical (unpaired) electrons. The molecule has 0 amide bonds. The number of hydrogen-bond donors (Lipinski definition) is 0. The van der Waals surface area contributed by atoms with Crippen molar-refractivity contribution in [2.24, 2.45) is 35.0 Å². The molecule has 0 aromatic rings. The molecule has 24 heavy (non-hydrogen) atoms. The molecule has 6 atom stereocenters. The Bertz CT molecular complexity index is 532. The average Bonchev–Trinajstić information content (AvgIpc) is 3.18. The van der Waals surface area contributed by atoms with Crippen LogP contribution in [-0.4, -0.2) is 19.0 Å². The van der Waals surface area contributed by atoms with E-state index in [-0.39, 0.29) is 5.79 Å². The van der Waals surface area contributed by atoms with Crippen molar-refractivity contribution in [3.05, 3.63) is 11.6 Å². The maximum Gasteiger partial charge on any atom is 0.168 e. The molecular formula is C22H34O2. The molecule has 134 valence electrons. The quantitative estimate of drug-likeness (QED) is 0.559. The molecule has 2 nitrogen and oxygen atoms in total. The molecule has 5 fully saturated rings. The number of allylic oxidation sites excluding steroid dienone is 2. The standard InChI is InChI=1S/C22H34O2/c1-3-16-5-7-20-19-6-4-15-14-22(23-12-13-24-22)11-9-17(15)18(19)8-10-21(16,20)2/h3,15,17-20H,4-14H2,1-2H3/b16-3-/t15-,17+,18-,19-,20+,21-/m1/s1. The number of hydrogen-bond acceptors (Lipinski definition) is 2. The molecule has 5 aliphatic rings. The number of ether oxygens (including phenoxy) is 2. The lowest BCUT2D eigenvalue weighted by molar-refractivity contribution is -0.208. The molecule has 5 rings (SSSR count). The molecule has 1 saturated heterocycles. The normalized spacial score (nSPS) is 51.4. The van der Waals surface area contributed by atoms with Crippen LogP contribution in [0.1, 0.15) is 71.6 Å². The van der Waals surface area contributed by atoms with Gasteiger partial charge >= 0.3 is 0 Å². The zero-order valence-electron chi connectivity index (χ0n) is 15.6. The van der Waals surface area contributed by atoms with Gasteiger partial charge in [0.2, 0.25) is 0 Å². The van der Waals surface area contributed by atoms with E-state index in [1.165, 1.54) is 51.4 Å². The molecule has 0 bridgehead atoms. The van der Waals surface area contributed by atoms with Gasteiger partial charge in [0.25, 0.3) is 0 Å². The van der Waals surface area contributed by atoms with E-state index < -0.39 is 0 Å². The summed E-state index contributed by atoms with van der Waals surface area (Å²) >= 11 is 0. The Morgan fingerprint density at radius 3 is 2.50 bits per heavy atom. The van der Waals surface area contributed by atoms with E-state index in [9.17, 15) is 0 Å². The maximum absolute atomic E-state index is 6.05. The predicted molar refractivity (Wildman–Crippen MR) is 95.5 cm³/mol. The first-order valence-corrected chi connectivity index (χ1v) is 10.6. The Kier molecular flexibility index (Phi) is 3.69. The Labute approximate surface area is 147 Å². The molecule has 0 N–H and O–H groups in total. The summed E-state index contributed by atoms with van der Waals surface area (Å²) in [4.78, 5) is 0. The highest BCUT2D eigenvalue weighted by molar-refractivity contribution is 5.23. The fourth-order valence-corrected chi connectivity index (χ4v) is 7.91. The van der Waals surface area contributed by atoms with Crippen LogP contribution in [0.4, 0.5) is 0 Å². The van der Waals surface area contributed by atoms with Crippen LogP contribution in [0.25, 0.3) is 0 Å². The van der Waals surface area contributed by atoms with Crippen LogP contribution < -0.4 is 0 Å². The molecule has 2 heteroatoms. The third-order valence-corrected chi connectivity index (χ3v) is 8.96. The van der Waals surface area contributed by atoms with Crippen LogP contribution in [0, 0.1) is 35.0 Å². The van der Waals surface area contributed by atoms with Crippen LogP contribution in [0.3, 0.4) is 0 Å². The first kappa shape index (κ1) is 15.9. The smallest absolute Gasteiger partial charge is 0.168 e. The van der Waals surface area contributed by atoms with Crippen molar-refractivity contribution in [3.63, 3.8) is 0 Å². The van der Waals surface area contributed by atoms with Gasteiger partial charge in [-0.1, -0.05) is 18.6 Å². The molecule has 4 aliphatic carbocycles. The topological polar surface area (TPSA) is 18.5 Å².